The van der Waals surface area contributed by atoms with Crippen LogP contribution in [0.2, 0.25) is 0 Å². The number of benzene rings is 1. The lowest BCUT2D eigenvalue weighted by Crippen LogP contribution is -2.51. The average Bonchev–Trinajstić information content (AvgIpc) is 3.12. The van der Waals surface area contributed by atoms with Gasteiger partial charge in [-0.1, -0.05) is 0 Å². The zero-order valence-corrected chi connectivity index (χ0v) is 9.91. The normalized spacial score (nSPS) is 19.2. The lowest BCUT2D eigenvalue weighted by Gasteiger charge is -2.40. The predicted octanol–water partition coefficient (Wildman–Crippen LogP) is 2.39. The van der Waals surface area contributed by atoms with Gasteiger partial charge in [-0.25, -0.2) is 4.39 Å². The van der Waals surface area contributed by atoms with Crippen LogP contribution in [0.5, 0.6) is 0 Å². The predicted molar refractivity (Wildman–Crippen MR) is 65.0 cm³/mol. The Morgan fingerprint density at radius 1 is 1.38 bits per heavy atom. The zero-order valence-electron chi connectivity index (χ0n) is 9.91. The van der Waals surface area contributed by atoms with Gasteiger partial charge in [0.05, 0.1) is 5.54 Å². The minimum absolute atomic E-state index is 0.00215. The van der Waals surface area contributed by atoms with Crippen molar-refractivity contribution in [1.82, 2.24) is 0 Å². The first-order valence-corrected chi connectivity index (χ1v) is 5.77. The Kier molecular flexibility index (Phi) is 2.89. The number of halogens is 1. The van der Waals surface area contributed by atoms with E-state index in [4.69, 9.17) is 5.73 Å². The second-order valence-electron chi connectivity index (χ2n) is 4.87. The van der Waals surface area contributed by atoms with Crippen LogP contribution in [0.1, 0.15) is 19.8 Å². The summed E-state index contributed by atoms with van der Waals surface area (Å²) in [6.07, 6.45) is 2.50. The molecule has 1 saturated carbocycles. The molecule has 2 rings (SSSR count). The highest BCUT2D eigenvalue weighted by molar-refractivity contribution is 5.49. The molecular weight excluding hydrogens is 203 g/mol. The van der Waals surface area contributed by atoms with E-state index in [0.717, 1.165) is 5.69 Å². The average molecular weight is 222 g/mol. The number of hydrogen-bond acceptors (Lipinski definition) is 2. The van der Waals surface area contributed by atoms with E-state index in [9.17, 15) is 4.39 Å². The summed E-state index contributed by atoms with van der Waals surface area (Å²) >= 11 is 0. The molecule has 0 saturated heterocycles. The first-order chi connectivity index (χ1) is 7.58. The van der Waals surface area contributed by atoms with E-state index in [2.05, 4.69) is 11.8 Å². The second-order valence-corrected chi connectivity index (χ2v) is 4.87. The maximum Gasteiger partial charge on any atom is 0.123 e. The van der Waals surface area contributed by atoms with Gasteiger partial charge in [-0.2, -0.15) is 0 Å². The van der Waals surface area contributed by atoms with Gasteiger partial charge in [-0.05, 0) is 49.9 Å². The molecule has 16 heavy (non-hydrogen) atoms. The van der Waals surface area contributed by atoms with Crippen LogP contribution in [-0.4, -0.2) is 19.1 Å². The number of nitrogens with two attached hydrogens (primary N) is 1. The van der Waals surface area contributed by atoms with E-state index in [1.54, 1.807) is 0 Å². The van der Waals surface area contributed by atoms with Crippen molar-refractivity contribution >= 4 is 5.69 Å². The van der Waals surface area contributed by atoms with Crippen LogP contribution in [0, 0.1) is 11.7 Å². The quantitative estimate of drug-likeness (QED) is 0.847. The lowest BCUT2D eigenvalue weighted by molar-refractivity contribution is 0.397. The molecule has 0 aromatic heterocycles. The molecule has 1 aromatic carbocycles. The SMILES string of the molecule is CN(c1ccc(F)cc1)C(C)(CN)C1CC1. The Bertz CT molecular complexity index is 359. The molecule has 0 aliphatic heterocycles. The van der Waals surface area contributed by atoms with Gasteiger partial charge in [0.25, 0.3) is 0 Å². The van der Waals surface area contributed by atoms with Crippen molar-refractivity contribution in [3.8, 4) is 0 Å². The minimum Gasteiger partial charge on any atom is -0.368 e. The van der Waals surface area contributed by atoms with Gasteiger partial charge in [0.1, 0.15) is 5.82 Å². The molecule has 0 amide bonds. The number of nitrogens with zero attached hydrogens (tertiary/aromatic N) is 1. The second kappa shape index (κ2) is 4.06. The Morgan fingerprint density at radius 2 is 1.94 bits per heavy atom. The molecule has 1 unspecified atom stereocenters. The third-order valence-corrected chi connectivity index (χ3v) is 3.85. The summed E-state index contributed by atoms with van der Waals surface area (Å²) in [6.45, 7) is 2.82. The van der Waals surface area contributed by atoms with Crippen LogP contribution < -0.4 is 10.6 Å². The third-order valence-electron chi connectivity index (χ3n) is 3.85. The van der Waals surface area contributed by atoms with Gasteiger partial charge < -0.3 is 10.6 Å². The minimum atomic E-state index is -0.196. The molecule has 3 heteroatoms. The molecule has 0 spiro atoms. The van der Waals surface area contributed by atoms with Crippen molar-refractivity contribution in [2.75, 3.05) is 18.5 Å². The first kappa shape index (κ1) is 11.4. The van der Waals surface area contributed by atoms with Crippen LogP contribution in [0.4, 0.5) is 10.1 Å². The van der Waals surface area contributed by atoms with E-state index in [1.165, 1.54) is 25.0 Å². The summed E-state index contributed by atoms with van der Waals surface area (Å²) in [5.74, 6) is 0.477. The molecular formula is C13H19FN2. The highest BCUT2D eigenvalue weighted by atomic mass is 19.1. The van der Waals surface area contributed by atoms with Crippen LogP contribution in [0.15, 0.2) is 24.3 Å². The van der Waals surface area contributed by atoms with E-state index < -0.39 is 0 Å². The van der Waals surface area contributed by atoms with Crippen molar-refractivity contribution in [2.24, 2.45) is 11.7 Å². The van der Waals surface area contributed by atoms with Crippen molar-refractivity contribution in [3.05, 3.63) is 30.1 Å². The van der Waals surface area contributed by atoms with Gasteiger partial charge in [0, 0.05) is 19.3 Å². The maximum absolute atomic E-state index is 12.9. The van der Waals surface area contributed by atoms with Gasteiger partial charge in [-0.15, -0.1) is 0 Å². The molecule has 1 aliphatic rings. The summed E-state index contributed by atoms with van der Waals surface area (Å²) in [5, 5.41) is 0. The topological polar surface area (TPSA) is 29.3 Å². The largest absolute Gasteiger partial charge is 0.368 e. The third kappa shape index (κ3) is 1.92. The van der Waals surface area contributed by atoms with Crippen molar-refractivity contribution in [3.63, 3.8) is 0 Å². The molecule has 1 atom stereocenters. The summed E-state index contributed by atoms with van der Waals surface area (Å²) in [7, 11) is 2.04. The standard InChI is InChI=1S/C13H19FN2/c1-13(9-15,10-3-4-10)16(2)12-7-5-11(14)6-8-12/h5-8,10H,3-4,9,15H2,1-2H3. The van der Waals surface area contributed by atoms with Crippen molar-refractivity contribution in [2.45, 2.75) is 25.3 Å². The maximum atomic E-state index is 12.9. The molecule has 0 radical (unpaired) electrons. The monoisotopic (exact) mass is 222 g/mol. The molecule has 1 aromatic rings. The van der Waals surface area contributed by atoms with Crippen molar-refractivity contribution in [1.29, 1.82) is 0 Å². The molecule has 2 nitrogen and oxygen atoms in total. The smallest absolute Gasteiger partial charge is 0.123 e. The van der Waals surface area contributed by atoms with Crippen LogP contribution in [0.3, 0.4) is 0 Å². The van der Waals surface area contributed by atoms with E-state index in [-0.39, 0.29) is 11.4 Å². The van der Waals surface area contributed by atoms with Crippen molar-refractivity contribution < 1.29 is 4.39 Å². The number of rotatable bonds is 4. The lowest BCUT2D eigenvalue weighted by atomic mass is 9.93. The van der Waals surface area contributed by atoms with Gasteiger partial charge in [0.15, 0.2) is 0 Å². The Morgan fingerprint density at radius 3 is 2.38 bits per heavy atom. The van der Waals surface area contributed by atoms with E-state index >= 15 is 0 Å². The highest BCUT2D eigenvalue weighted by Crippen LogP contribution is 2.43. The Balaban J connectivity index is 2.22. The summed E-state index contributed by atoms with van der Waals surface area (Å²) in [5.41, 5.74) is 6.93. The highest BCUT2D eigenvalue weighted by Gasteiger charge is 2.43. The fourth-order valence-electron chi connectivity index (χ4n) is 2.24. The summed E-state index contributed by atoms with van der Waals surface area (Å²) in [4.78, 5) is 2.18. The van der Waals surface area contributed by atoms with Crippen LogP contribution in [0.25, 0.3) is 0 Å². The fourth-order valence-corrected chi connectivity index (χ4v) is 2.24. The van der Waals surface area contributed by atoms with E-state index in [0.29, 0.717) is 12.5 Å². The summed E-state index contributed by atoms with van der Waals surface area (Å²) < 4.78 is 12.9. The summed E-state index contributed by atoms with van der Waals surface area (Å²) in [6, 6.07) is 6.61. The molecule has 2 N–H and O–H groups in total. The number of anilines is 1. The number of likely N-dealkylation sites (N-methyl/N-ethyl adjacent to an activating group) is 1. The van der Waals surface area contributed by atoms with Gasteiger partial charge >= 0.3 is 0 Å². The molecule has 0 bridgehead atoms. The first-order valence-electron chi connectivity index (χ1n) is 5.77. The fraction of sp³-hybridized carbons (Fsp3) is 0.538. The van der Waals surface area contributed by atoms with Crippen LogP contribution >= 0.6 is 0 Å². The Hall–Kier alpha value is -1.09. The number of hydrogen-bond donors (Lipinski definition) is 1. The molecule has 88 valence electrons. The molecule has 1 aliphatic carbocycles. The molecule has 0 heterocycles. The zero-order chi connectivity index (χ0) is 11.8. The van der Waals surface area contributed by atoms with Crippen LogP contribution in [-0.2, 0) is 0 Å². The molecule has 1 fully saturated rings. The van der Waals surface area contributed by atoms with Gasteiger partial charge in [-0.3, -0.25) is 0 Å². The van der Waals surface area contributed by atoms with E-state index in [1.807, 2.05) is 19.2 Å². The van der Waals surface area contributed by atoms with Gasteiger partial charge in [0.2, 0.25) is 0 Å². The Labute approximate surface area is 96.2 Å².